The molecule has 1 aliphatic rings. The van der Waals surface area contributed by atoms with Crippen LogP contribution in [-0.2, 0) is 16.1 Å². The zero-order chi connectivity index (χ0) is 19.4. The van der Waals surface area contributed by atoms with E-state index in [9.17, 15) is 9.59 Å². The maximum atomic E-state index is 12.3. The van der Waals surface area contributed by atoms with Crippen molar-refractivity contribution in [3.63, 3.8) is 0 Å². The third-order valence-electron chi connectivity index (χ3n) is 4.06. The van der Waals surface area contributed by atoms with Crippen molar-refractivity contribution in [1.82, 2.24) is 5.32 Å². The van der Waals surface area contributed by atoms with Crippen LogP contribution in [0.5, 0.6) is 17.2 Å². The number of carbonyl (C=O) groups excluding carboxylic acids is 2. The molecule has 2 aromatic carbocycles. The smallest absolute Gasteiger partial charge is 0.240 e. The lowest BCUT2D eigenvalue weighted by Gasteiger charge is -2.21. The Hall–Kier alpha value is -2.93. The molecule has 0 fully saturated rings. The van der Waals surface area contributed by atoms with Gasteiger partial charge in [0.15, 0.2) is 11.5 Å². The number of hydrogen-bond acceptors (Lipinski definition) is 5. The molecular weight excluding hydrogens is 372 g/mol. The van der Waals surface area contributed by atoms with E-state index in [0.717, 1.165) is 5.56 Å². The molecule has 2 aromatic rings. The molecular formula is C19H19ClN2O5. The van der Waals surface area contributed by atoms with Crippen LogP contribution in [0.1, 0.15) is 12.5 Å². The molecule has 27 heavy (non-hydrogen) atoms. The van der Waals surface area contributed by atoms with Crippen LogP contribution in [0, 0.1) is 0 Å². The zero-order valence-corrected chi connectivity index (χ0v) is 15.7. The number of nitrogens with one attached hydrogen (secondary N) is 1. The van der Waals surface area contributed by atoms with Crippen molar-refractivity contribution >= 4 is 29.1 Å². The molecule has 2 amide bonds. The first-order chi connectivity index (χ1) is 13.0. The second-order valence-corrected chi connectivity index (χ2v) is 6.30. The summed E-state index contributed by atoms with van der Waals surface area (Å²) in [5, 5.41) is 3.16. The molecule has 1 heterocycles. The van der Waals surface area contributed by atoms with Crippen LogP contribution in [0.3, 0.4) is 0 Å². The molecule has 0 spiro atoms. The minimum absolute atomic E-state index is 0.122. The fraction of sp³-hybridized carbons (Fsp3) is 0.263. The molecule has 0 aliphatic carbocycles. The minimum atomic E-state index is -0.296. The third kappa shape index (κ3) is 4.43. The number of benzene rings is 2. The predicted molar refractivity (Wildman–Crippen MR) is 100 cm³/mol. The lowest BCUT2D eigenvalue weighted by Crippen LogP contribution is -2.39. The average Bonchev–Trinajstić information content (AvgIpc) is 3.12. The van der Waals surface area contributed by atoms with E-state index in [1.165, 1.54) is 18.9 Å². The minimum Gasteiger partial charge on any atom is -0.495 e. The third-order valence-corrected chi connectivity index (χ3v) is 4.35. The molecule has 0 atom stereocenters. The Labute approximate surface area is 161 Å². The van der Waals surface area contributed by atoms with E-state index in [1.807, 2.05) is 12.1 Å². The molecule has 1 aliphatic heterocycles. The van der Waals surface area contributed by atoms with Gasteiger partial charge in [0.25, 0.3) is 0 Å². The highest BCUT2D eigenvalue weighted by atomic mass is 35.5. The van der Waals surface area contributed by atoms with Crippen LogP contribution >= 0.6 is 11.6 Å². The Morgan fingerprint density at radius 3 is 2.67 bits per heavy atom. The van der Waals surface area contributed by atoms with Crippen molar-refractivity contribution in [3.8, 4) is 17.2 Å². The van der Waals surface area contributed by atoms with Gasteiger partial charge in [-0.3, -0.25) is 9.59 Å². The summed E-state index contributed by atoms with van der Waals surface area (Å²) < 4.78 is 15.7. The maximum absolute atomic E-state index is 12.3. The lowest BCUT2D eigenvalue weighted by molar-refractivity contribution is -0.123. The molecule has 142 valence electrons. The van der Waals surface area contributed by atoms with Gasteiger partial charge in [-0.25, -0.2) is 0 Å². The molecule has 0 saturated carbocycles. The van der Waals surface area contributed by atoms with E-state index in [1.54, 1.807) is 24.3 Å². The van der Waals surface area contributed by atoms with Crippen LogP contribution in [0.15, 0.2) is 36.4 Å². The number of fused-ring (bicyclic) bond motifs is 1. The fourth-order valence-electron chi connectivity index (χ4n) is 2.66. The lowest BCUT2D eigenvalue weighted by atomic mass is 10.2. The maximum Gasteiger partial charge on any atom is 0.240 e. The number of halogens is 1. The second-order valence-electron chi connectivity index (χ2n) is 5.89. The number of anilines is 1. The Balaban J connectivity index is 1.63. The Morgan fingerprint density at radius 1 is 1.19 bits per heavy atom. The predicted octanol–water partition coefficient (Wildman–Crippen LogP) is 2.75. The van der Waals surface area contributed by atoms with Gasteiger partial charge in [0, 0.05) is 19.2 Å². The highest BCUT2D eigenvalue weighted by Gasteiger charge is 2.18. The van der Waals surface area contributed by atoms with Crippen LogP contribution in [0.25, 0.3) is 0 Å². The van der Waals surface area contributed by atoms with E-state index in [4.69, 9.17) is 25.8 Å². The summed E-state index contributed by atoms with van der Waals surface area (Å²) in [7, 11) is 1.51. The van der Waals surface area contributed by atoms with Crippen LogP contribution < -0.4 is 24.4 Å². The summed E-state index contributed by atoms with van der Waals surface area (Å²) in [5.41, 5.74) is 1.39. The quantitative estimate of drug-likeness (QED) is 0.820. The monoisotopic (exact) mass is 390 g/mol. The van der Waals surface area contributed by atoms with Gasteiger partial charge in [-0.2, -0.15) is 0 Å². The van der Waals surface area contributed by atoms with Gasteiger partial charge in [0.05, 0.1) is 12.1 Å². The molecule has 0 bridgehead atoms. The van der Waals surface area contributed by atoms with Crippen molar-refractivity contribution in [2.75, 3.05) is 25.3 Å². The van der Waals surface area contributed by atoms with Crippen molar-refractivity contribution in [2.24, 2.45) is 0 Å². The Bertz CT molecular complexity index is 871. The van der Waals surface area contributed by atoms with E-state index in [-0.39, 0.29) is 25.2 Å². The summed E-state index contributed by atoms with van der Waals surface area (Å²) in [6.07, 6.45) is 0. The van der Waals surface area contributed by atoms with Gasteiger partial charge in [-0.15, -0.1) is 0 Å². The first-order valence-electron chi connectivity index (χ1n) is 8.25. The van der Waals surface area contributed by atoms with E-state index < -0.39 is 0 Å². The number of ether oxygens (including phenoxy) is 3. The van der Waals surface area contributed by atoms with Crippen LogP contribution in [0.2, 0.25) is 5.02 Å². The molecule has 1 N–H and O–H groups in total. The Morgan fingerprint density at radius 2 is 1.96 bits per heavy atom. The molecule has 0 saturated heterocycles. The summed E-state index contributed by atoms with van der Waals surface area (Å²) >= 11 is 6.12. The molecule has 0 aromatic heterocycles. The average molecular weight is 391 g/mol. The van der Waals surface area contributed by atoms with E-state index >= 15 is 0 Å². The molecule has 8 heteroatoms. The standard InChI is InChI=1S/C19H19ClN2O5/c1-12(23)22(14-4-6-16(25-2)15(20)8-14)10-19(24)21-9-13-3-5-17-18(7-13)27-11-26-17/h3-8H,9-11H2,1-2H3,(H,21,24). The first-order valence-corrected chi connectivity index (χ1v) is 8.62. The van der Waals surface area contributed by atoms with Gasteiger partial charge in [-0.1, -0.05) is 17.7 Å². The number of methoxy groups -OCH3 is 1. The first kappa shape index (κ1) is 18.8. The second kappa shape index (κ2) is 8.18. The number of carbonyl (C=O) groups is 2. The van der Waals surface area contributed by atoms with Crippen molar-refractivity contribution in [3.05, 3.63) is 47.0 Å². The highest BCUT2D eigenvalue weighted by molar-refractivity contribution is 6.32. The molecule has 0 unspecified atom stereocenters. The molecule has 0 radical (unpaired) electrons. The van der Waals surface area contributed by atoms with E-state index in [2.05, 4.69) is 5.32 Å². The van der Waals surface area contributed by atoms with E-state index in [0.29, 0.717) is 34.5 Å². The highest BCUT2D eigenvalue weighted by Crippen LogP contribution is 2.32. The van der Waals surface area contributed by atoms with Crippen molar-refractivity contribution < 1.29 is 23.8 Å². The Kier molecular flexibility index (Phi) is 5.71. The largest absolute Gasteiger partial charge is 0.495 e. The van der Waals surface area contributed by atoms with Gasteiger partial charge < -0.3 is 24.4 Å². The SMILES string of the molecule is COc1ccc(N(CC(=O)NCc2ccc3c(c2)OCO3)C(C)=O)cc1Cl. The van der Waals surface area contributed by atoms with Crippen molar-refractivity contribution in [2.45, 2.75) is 13.5 Å². The van der Waals surface area contributed by atoms with Gasteiger partial charge >= 0.3 is 0 Å². The van der Waals surface area contributed by atoms with Gasteiger partial charge in [0.1, 0.15) is 12.3 Å². The van der Waals surface area contributed by atoms with Gasteiger partial charge in [0.2, 0.25) is 18.6 Å². The summed E-state index contributed by atoms with van der Waals surface area (Å²) in [6, 6.07) is 10.4. The molecule has 7 nitrogen and oxygen atoms in total. The normalized spacial score (nSPS) is 11.8. The van der Waals surface area contributed by atoms with Crippen LogP contribution in [0.4, 0.5) is 5.69 Å². The number of rotatable bonds is 6. The van der Waals surface area contributed by atoms with Crippen molar-refractivity contribution in [1.29, 1.82) is 0 Å². The summed E-state index contributed by atoms with van der Waals surface area (Å²) in [6.45, 7) is 1.78. The topological polar surface area (TPSA) is 77.1 Å². The van der Waals surface area contributed by atoms with Gasteiger partial charge in [-0.05, 0) is 35.9 Å². The fourth-order valence-corrected chi connectivity index (χ4v) is 2.91. The summed E-state index contributed by atoms with van der Waals surface area (Å²) in [5.74, 6) is 1.27. The summed E-state index contributed by atoms with van der Waals surface area (Å²) in [4.78, 5) is 25.7. The molecule has 3 rings (SSSR count). The zero-order valence-electron chi connectivity index (χ0n) is 15.0. The number of hydrogen-bond donors (Lipinski definition) is 1. The number of nitrogens with zero attached hydrogens (tertiary/aromatic N) is 1. The number of amides is 2. The van der Waals surface area contributed by atoms with Crippen LogP contribution in [-0.4, -0.2) is 32.3 Å².